The van der Waals surface area contributed by atoms with E-state index in [-0.39, 0.29) is 17.0 Å². The number of carbonyl (C=O) groups excluding carboxylic acids is 1. The van der Waals surface area contributed by atoms with Crippen LogP contribution in [0.5, 0.6) is 0 Å². The highest BCUT2D eigenvalue weighted by Crippen LogP contribution is 2.16. The molecule has 3 nitrogen and oxygen atoms in total. The molecule has 0 saturated carbocycles. The van der Waals surface area contributed by atoms with Crippen LogP contribution in [0.15, 0.2) is 0 Å². The third-order valence-electron chi connectivity index (χ3n) is 2.59. The molecule has 1 N–H and O–H groups in total. The monoisotopic (exact) mass is 215 g/mol. The second-order valence-corrected chi connectivity index (χ2v) is 5.28. The van der Waals surface area contributed by atoms with Crippen LogP contribution in [-0.2, 0) is 9.53 Å². The topological polar surface area (TPSA) is 38.3 Å². The highest BCUT2D eigenvalue weighted by atomic mass is 16.5. The second-order valence-electron chi connectivity index (χ2n) is 5.28. The first kappa shape index (κ1) is 14.4. The number of hydrogen-bond donors (Lipinski definition) is 1. The van der Waals surface area contributed by atoms with Gasteiger partial charge in [-0.3, -0.25) is 4.79 Å². The summed E-state index contributed by atoms with van der Waals surface area (Å²) in [6.45, 7) is 12.5. The molecule has 0 aliphatic heterocycles. The van der Waals surface area contributed by atoms with Crippen molar-refractivity contribution in [2.24, 2.45) is 0 Å². The molecule has 0 saturated heterocycles. The largest absolute Gasteiger partial charge is 0.375 e. The molecular formula is C12H25NO2. The van der Waals surface area contributed by atoms with Crippen LogP contribution < -0.4 is 5.32 Å². The maximum absolute atomic E-state index is 10.9. The summed E-state index contributed by atoms with van der Waals surface area (Å²) >= 11 is 0. The summed E-state index contributed by atoms with van der Waals surface area (Å²) in [5, 5.41) is 2.90. The van der Waals surface area contributed by atoms with Crippen LogP contribution >= 0.6 is 0 Å². The van der Waals surface area contributed by atoms with Crippen molar-refractivity contribution in [2.75, 3.05) is 6.61 Å². The molecule has 0 heterocycles. The number of nitrogens with one attached hydrogen (secondary N) is 1. The molecule has 0 radical (unpaired) electrons. The van der Waals surface area contributed by atoms with Gasteiger partial charge in [0.05, 0.1) is 5.60 Å². The molecule has 90 valence electrons. The van der Waals surface area contributed by atoms with Gasteiger partial charge in [0.25, 0.3) is 0 Å². The fourth-order valence-corrected chi connectivity index (χ4v) is 1.22. The van der Waals surface area contributed by atoms with Gasteiger partial charge < -0.3 is 10.1 Å². The van der Waals surface area contributed by atoms with E-state index < -0.39 is 0 Å². The van der Waals surface area contributed by atoms with Crippen molar-refractivity contribution >= 4 is 5.91 Å². The van der Waals surface area contributed by atoms with Gasteiger partial charge in [-0.2, -0.15) is 0 Å². The fraction of sp³-hybridized carbons (Fsp3) is 0.917. The van der Waals surface area contributed by atoms with Crippen LogP contribution in [0.25, 0.3) is 0 Å². The minimum atomic E-state index is -0.185. The molecule has 0 aliphatic carbocycles. The number of ether oxygens (including phenoxy) is 1. The minimum Gasteiger partial charge on any atom is -0.375 e. The number of rotatable bonds is 6. The Bertz CT molecular complexity index is 210. The predicted octanol–water partition coefficient (Wildman–Crippen LogP) is 2.50. The molecule has 1 amide bonds. The lowest BCUT2D eigenvalue weighted by molar-refractivity contribution is -0.120. The maximum atomic E-state index is 10.9. The van der Waals surface area contributed by atoms with E-state index in [4.69, 9.17) is 4.74 Å². The van der Waals surface area contributed by atoms with Gasteiger partial charge in [-0.25, -0.2) is 0 Å². The highest BCUT2D eigenvalue weighted by Gasteiger charge is 2.21. The minimum absolute atomic E-state index is 0.00903. The van der Waals surface area contributed by atoms with Gasteiger partial charge in [0.2, 0.25) is 5.91 Å². The van der Waals surface area contributed by atoms with Crippen LogP contribution in [0.2, 0.25) is 0 Å². The molecule has 0 aromatic heterocycles. The summed E-state index contributed by atoms with van der Waals surface area (Å²) in [6, 6.07) is 0. The summed E-state index contributed by atoms with van der Waals surface area (Å²) in [5.41, 5.74) is -0.248. The van der Waals surface area contributed by atoms with Gasteiger partial charge in [0, 0.05) is 19.1 Å². The van der Waals surface area contributed by atoms with E-state index in [1.807, 2.05) is 13.8 Å². The molecule has 15 heavy (non-hydrogen) atoms. The van der Waals surface area contributed by atoms with Gasteiger partial charge in [0.15, 0.2) is 0 Å². The number of amides is 1. The SMILES string of the molecule is CCC(C)(C)OCCC(C)(C)NC(C)=O. The molecular weight excluding hydrogens is 190 g/mol. The summed E-state index contributed by atoms with van der Waals surface area (Å²) in [6.07, 6.45) is 1.82. The molecule has 0 fully saturated rings. The molecule has 0 spiro atoms. The molecule has 0 atom stereocenters. The van der Waals surface area contributed by atoms with E-state index in [2.05, 4.69) is 26.1 Å². The molecule has 0 aromatic carbocycles. The Balaban J connectivity index is 3.89. The third kappa shape index (κ3) is 7.37. The van der Waals surface area contributed by atoms with Crippen molar-refractivity contribution in [1.82, 2.24) is 5.32 Å². The van der Waals surface area contributed by atoms with E-state index in [0.717, 1.165) is 12.8 Å². The van der Waals surface area contributed by atoms with Crippen LogP contribution in [0.1, 0.15) is 54.4 Å². The normalized spacial score (nSPS) is 12.7. The van der Waals surface area contributed by atoms with Gasteiger partial charge in [-0.15, -0.1) is 0 Å². The number of hydrogen-bond acceptors (Lipinski definition) is 2. The average molecular weight is 215 g/mol. The Kier molecular flexibility index (Phi) is 5.29. The zero-order valence-corrected chi connectivity index (χ0v) is 10.9. The van der Waals surface area contributed by atoms with Crippen molar-refractivity contribution in [3.63, 3.8) is 0 Å². The molecule has 0 bridgehead atoms. The molecule has 0 rings (SSSR count). The van der Waals surface area contributed by atoms with E-state index in [1.54, 1.807) is 6.92 Å². The van der Waals surface area contributed by atoms with Crippen LogP contribution in [0.3, 0.4) is 0 Å². The van der Waals surface area contributed by atoms with E-state index >= 15 is 0 Å². The lowest BCUT2D eigenvalue weighted by Crippen LogP contribution is -2.43. The predicted molar refractivity (Wildman–Crippen MR) is 62.8 cm³/mol. The Labute approximate surface area is 93.6 Å². The van der Waals surface area contributed by atoms with Gasteiger partial charge in [0.1, 0.15) is 0 Å². The zero-order chi connectivity index (χ0) is 12.1. The van der Waals surface area contributed by atoms with Crippen LogP contribution in [-0.4, -0.2) is 23.7 Å². The summed E-state index contributed by atoms with van der Waals surface area (Å²) < 4.78 is 5.74. The van der Waals surface area contributed by atoms with Crippen molar-refractivity contribution in [3.05, 3.63) is 0 Å². The standard InChI is InChI=1S/C12H25NO2/c1-7-12(5,6)15-9-8-11(3,4)13-10(2)14/h7-9H2,1-6H3,(H,13,14). The maximum Gasteiger partial charge on any atom is 0.217 e. The Morgan fingerprint density at radius 2 is 1.80 bits per heavy atom. The Hall–Kier alpha value is -0.570. The first-order chi connectivity index (χ1) is 6.68. The van der Waals surface area contributed by atoms with Gasteiger partial charge >= 0.3 is 0 Å². The average Bonchev–Trinajstić information content (AvgIpc) is 2.00. The summed E-state index contributed by atoms with van der Waals surface area (Å²) in [4.78, 5) is 10.9. The van der Waals surface area contributed by atoms with Crippen molar-refractivity contribution in [2.45, 2.75) is 65.5 Å². The van der Waals surface area contributed by atoms with E-state index in [9.17, 15) is 4.79 Å². The fourth-order valence-electron chi connectivity index (χ4n) is 1.22. The summed E-state index contributed by atoms with van der Waals surface area (Å²) in [5.74, 6) is 0.00903. The second kappa shape index (κ2) is 5.50. The van der Waals surface area contributed by atoms with Gasteiger partial charge in [-0.05, 0) is 40.5 Å². The van der Waals surface area contributed by atoms with Crippen molar-refractivity contribution in [3.8, 4) is 0 Å². The molecule has 0 aliphatic rings. The van der Waals surface area contributed by atoms with E-state index in [1.165, 1.54) is 0 Å². The van der Waals surface area contributed by atoms with Crippen molar-refractivity contribution in [1.29, 1.82) is 0 Å². The quantitative estimate of drug-likeness (QED) is 0.739. The number of carbonyl (C=O) groups is 1. The van der Waals surface area contributed by atoms with E-state index in [0.29, 0.717) is 6.61 Å². The van der Waals surface area contributed by atoms with Crippen molar-refractivity contribution < 1.29 is 9.53 Å². The third-order valence-corrected chi connectivity index (χ3v) is 2.59. The first-order valence-electron chi connectivity index (χ1n) is 5.61. The lowest BCUT2D eigenvalue weighted by atomic mass is 10.0. The molecule has 0 unspecified atom stereocenters. The smallest absolute Gasteiger partial charge is 0.217 e. The molecule has 3 heteroatoms. The summed E-state index contributed by atoms with van der Waals surface area (Å²) in [7, 11) is 0. The van der Waals surface area contributed by atoms with Crippen LogP contribution in [0, 0.1) is 0 Å². The van der Waals surface area contributed by atoms with Gasteiger partial charge in [-0.1, -0.05) is 6.92 Å². The Morgan fingerprint density at radius 1 is 1.27 bits per heavy atom. The Morgan fingerprint density at radius 3 is 2.20 bits per heavy atom. The lowest BCUT2D eigenvalue weighted by Gasteiger charge is -2.29. The zero-order valence-electron chi connectivity index (χ0n) is 10.9. The highest BCUT2D eigenvalue weighted by molar-refractivity contribution is 5.73. The van der Waals surface area contributed by atoms with Crippen LogP contribution in [0.4, 0.5) is 0 Å². The first-order valence-corrected chi connectivity index (χ1v) is 5.61. The molecule has 0 aromatic rings.